The molecule has 2 aromatic rings. The third-order valence-corrected chi connectivity index (χ3v) is 6.35. The standard InChI is InChI=1S/C16H16ClF3N2O3S/c17-12-3-4-15(14(10-12)16(18,19)20)26(23,24)22-7-5-21(6-8-22)11-13-2-1-9-25-13/h1-4,9-10H,5-8,11H2. The quantitative estimate of drug-likeness (QED) is 0.777. The van der Waals surface area contributed by atoms with Gasteiger partial charge in [0.25, 0.3) is 0 Å². The molecule has 10 heteroatoms. The SMILES string of the molecule is O=S(=O)(c1ccc(Cl)cc1C(F)(F)F)N1CCN(Cc2ccco2)CC1. The van der Waals surface area contributed by atoms with Gasteiger partial charge in [-0.15, -0.1) is 0 Å². The lowest BCUT2D eigenvalue weighted by molar-refractivity contribution is -0.139. The van der Waals surface area contributed by atoms with Crippen molar-refractivity contribution in [1.29, 1.82) is 0 Å². The van der Waals surface area contributed by atoms with Crippen LogP contribution in [-0.4, -0.2) is 43.8 Å². The van der Waals surface area contributed by atoms with Crippen molar-refractivity contribution in [2.75, 3.05) is 26.2 Å². The van der Waals surface area contributed by atoms with E-state index in [1.165, 1.54) is 0 Å². The highest BCUT2D eigenvalue weighted by Crippen LogP contribution is 2.37. The summed E-state index contributed by atoms with van der Waals surface area (Å²) in [5.74, 6) is 0.748. The molecule has 1 aliphatic heterocycles. The fourth-order valence-corrected chi connectivity index (χ4v) is 4.63. The number of sulfonamides is 1. The van der Waals surface area contributed by atoms with Gasteiger partial charge < -0.3 is 4.42 Å². The van der Waals surface area contributed by atoms with Crippen molar-refractivity contribution in [3.8, 4) is 0 Å². The van der Waals surface area contributed by atoms with Gasteiger partial charge in [-0.3, -0.25) is 4.90 Å². The van der Waals surface area contributed by atoms with E-state index < -0.39 is 26.7 Å². The summed E-state index contributed by atoms with van der Waals surface area (Å²) < 4.78 is 71.5. The fourth-order valence-electron chi connectivity index (χ4n) is 2.84. The molecular weight excluding hydrogens is 393 g/mol. The first-order valence-electron chi connectivity index (χ1n) is 7.79. The zero-order valence-electron chi connectivity index (χ0n) is 13.5. The fraction of sp³-hybridized carbons (Fsp3) is 0.375. The molecule has 0 aliphatic carbocycles. The van der Waals surface area contributed by atoms with Crippen LogP contribution in [0.4, 0.5) is 13.2 Å². The third-order valence-electron chi connectivity index (χ3n) is 4.16. The highest BCUT2D eigenvalue weighted by Gasteiger charge is 2.40. The van der Waals surface area contributed by atoms with Crippen molar-refractivity contribution in [2.45, 2.75) is 17.6 Å². The van der Waals surface area contributed by atoms with E-state index in [4.69, 9.17) is 16.0 Å². The molecule has 2 heterocycles. The minimum absolute atomic E-state index is 0.100. The van der Waals surface area contributed by atoms with Crippen molar-refractivity contribution in [1.82, 2.24) is 9.21 Å². The molecule has 5 nitrogen and oxygen atoms in total. The highest BCUT2D eigenvalue weighted by molar-refractivity contribution is 7.89. The molecule has 1 aliphatic rings. The van der Waals surface area contributed by atoms with E-state index in [0.29, 0.717) is 25.7 Å². The van der Waals surface area contributed by atoms with Gasteiger partial charge in [-0.25, -0.2) is 8.42 Å². The molecule has 0 atom stereocenters. The van der Waals surface area contributed by atoms with Crippen LogP contribution in [0.3, 0.4) is 0 Å². The number of hydrogen-bond acceptors (Lipinski definition) is 4. The summed E-state index contributed by atoms with van der Waals surface area (Å²) in [5.41, 5.74) is -1.25. The van der Waals surface area contributed by atoms with Crippen LogP contribution in [0.25, 0.3) is 0 Å². The van der Waals surface area contributed by atoms with Crippen LogP contribution < -0.4 is 0 Å². The van der Waals surface area contributed by atoms with Crippen molar-refractivity contribution < 1.29 is 26.0 Å². The van der Waals surface area contributed by atoms with Gasteiger partial charge in [-0.2, -0.15) is 17.5 Å². The molecule has 0 spiro atoms. The number of benzene rings is 1. The molecule has 0 bridgehead atoms. The van der Waals surface area contributed by atoms with Crippen LogP contribution in [0, 0.1) is 0 Å². The van der Waals surface area contributed by atoms with Gasteiger partial charge in [-0.05, 0) is 30.3 Å². The van der Waals surface area contributed by atoms with Crippen LogP contribution >= 0.6 is 11.6 Å². The number of nitrogens with zero attached hydrogens (tertiary/aromatic N) is 2. The normalized spacial score (nSPS) is 17.5. The Morgan fingerprint density at radius 3 is 2.38 bits per heavy atom. The molecule has 0 saturated carbocycles. The van der Waals surface area contributed by atoms with Crippen LogP contribution in [0.2, 0.25) is 5.02 Å². The van der Waals surface area contributed by atoms with Crippen LogP contribution in [0.1, 0.15) is 11.3 Å². The number of halogens is 4. The highest BCUT2D eigenvalue weighted by atomic mass is 35.5. The monoisotopic (exact) mass is 408 g/mol. The average molecular weight is 409 g/mol. The summed E-state index contributed by atoms with van der Waals surface area (Å²) in [4.78, 5) is 1.21. The molecule has 142 valence electrons. The minimum atomic E-state index is -4.81. The van der Waals surface area contributed by atoms with Crippen molar-refractivity contribution in [3.63, 3.8) is 0 Å². The Labute approximate surface area is 154 Å². The molecule has 1 fully saturated rings. The number of furan rings is 1. The van der Waals surface area contributed by atoms with E-state index in [1.54, 1.807) is 12.3 Å². The first-order valence-corrected chi connectivity index (χ1v) is 9.61. The molecule has 0 unspecified atom stereocenters. The Hall–Kier alpha value is -1.55. The second-order valence-electron chi connectivity index (χ2n) is 5.90. The van der Waals surface area contributed by atoms with Crippen LogP contribution in [-0.2, 0) is 22.7 Å². The van der Waals surface area contributed by atoms with Gasteiger partial charge in [0.1, 0.15) is 5.76 Å². The Balaban J connectivity index is 1.78. The maximum atomic E-state index is 13.2. The Bertz CT molecular complexity index is 861. The summed E-state index contributed by atoms with van der Waals surface area (Å²) in [6.07, 6.45) is -3.26. The smallest absolute Gasteiger partial charge is 0.417 e. The van der Waals surface area contributed by atoms with Crippen molar-refractivity contribution in [3.05, 3.63) is 52.9 Å². The van der Waals surface area contributed by atoms with Gasteiger partial charge >= 0.3 is 6.18 Å². The van der Waals surface area contributed by atoms with Gasteiger partial charge in [0.05, 0.1) is 23.3 Å². The van der Waals surface area contributed by atoms with E-state index >= 15 is 0 Å². The topological polar surface area (TPSA) is 53.8 Å². The maximum absolute atomic E-state index is 13.2. The summed E-state index contributed by atoms with van der Waals surface area (Å²) in [7, 11) is -4.27. The van der Waals surface area contributed by atoms with E-state index in [1.807, 2.05) is 11.0 Å². The number of rotatable bonds is 4. The Morgan fingerprint density at radius 2 is 1.81 bits per heavy atom. The lowest BCUT2D eigenvalue weighted by Gasteiger charge is -2.33. The molecule has 3 rings (SSSR count). The van der Waals surface area contributed by atoms with Crippen molar-refractivity contribution in [2.24, 2.45) is 0 Å². The lowest BCUT2D eigenvalue weighted by Crippen LogP contribution is -2.48. The second kappa shape index (κ2) is 7.22. The first-order chi connectivity index (χ1) is 12.2. The molecule has 1 saturated heterocycles. The molecule has 0 amide bonds. The third kappa shape index (κ3) is 4.06. The molecule has 0 radical (unpaired) electrons. The van der Waals surface area contributed by atoms with E-state index in [0.717, 1.165) is 22.2 Å². The average Bonchev–Trinajstić information content (AvgIpc) is 3.07. The Kier molecular flexibility index (Phi) is 5.34. The summed E-state index contributed by atoms with van der Waals surface area (Å²) in [6, 6.07) is 6.27. The molecular formula is C16H16ClF3N2O3S. The maximum Gasteiger partial charge on any atom is 0.417 e. The van der Waals surface area contributed by atoms with E-state index in [2.05, 4.69) is 0 Å². The lowest BCUT2D eigenvalue weighted by atomic mass is 10.2. The zero-order valence-corrected chi connectivity index (χ0v) is 15.1. The van der Waals surface area contributed by atoms with Gasteiger partial charge in [0.15, 0.2) is 0 Å². The molecule has 0 N–H and O–H groups in total. The van der Waals surface area contributed by atoms with E-state index in [9.17, 15) is 21.6 Å². The van der Waals surface area contributed by atoms with Crippen LogP contribution in [0.5, 0.6) is 0 Å². The minimum Gasteiger partial charge on any atom is -0.468 e. The predicted octanol–water partition coefficient (Wildman–Crippen LogP) is 3.46. The number of piperazine rings is 1. The van der Waals surface area contributed by atoms with Gasteiger partial charge in [0, 0.05) is 31.2 Å². The van der Waals surface area contributed by atoms with Crippen molar-refractivity contribution >= 4 is 21.6 Å². The number of alkyl halides is 3. The van der Waals surface area contributed by atoms with E-state index in [-0.39, 0.29) is 18.1 Å². The van der Waals surface area contributed by atoms with Gasteiger partial charge in [0.2, 0.25) is 10.0 Å². The second-order valence-corrected chi connectivity index (χ2v) is 8.24. The molecule has 1 aromatic heterocycles. The molecule has 1 aromatic carbocycles. The zero-order chi connectivity index (χ0) is 18.9. The Morgan fingerprint density at radius 1 is 1.12 bits per heavy atom. The van der Waals surface area contributed by atoms with Gasteiger partial charge in [-0.1, -0.05) is 11.6 Å². The molecule has 26 heavy (non-hydrogen) atoms. The summed E-state index contributed by atoms with van der Waals surface area (Å²) >= 11 is 5.62. The number of hydrogen-bond donors (Lipinski definition) is 0. The first kappa shape index (κ1) is 19.2. The largest absolute Gasteiger partial charge is 0.468 e. The predicted molar refractivity (Wildman–Crippen MR) is 89.2 cm³/mol. The summed E-state index contributed by atoms with van der Waals surface area (Å²) in [6.45, 7) is 1.52. The summed E-state index contributed by atoms with van der Waals surface area (Å²) in [5, 5.41) is -0.167. The van der Waals surface area contributed by atoms with Crippen LogP contribution in [0.15, 0.2) is 45.9 Å².